The Labute approximate surface area is 302 Å². The molecule has 0 bridgehead atoms. The summed E-state index contributed by atoms with van der Waals surface area (Å²) in [6.45, 7) is 6.74. The third-order valence-electron chi connectivity index (χ3n) is 9.76. The van der Waals surface area contributed by atoms with Crippen LogP contribution in [-0.4, -0.2) is 86.7 Å². The number of ether oxygens (including phenoxy) is 1. The van der Waals surface area contributed by atoms with Crippen molar-refractivity contribution in [1.82, 2.24) is 20.3 Å². The predicted molar refractivity (Wildman–Crippen MR) is 185 cm³/mol. The maximum absolute atomic E-state index is 14.3. The second-order valence-electron chi connectivity index (χ2n) is 15.0. The van der Waals surface area contributed by atoms with Gasteiger partial charge in [-0.05, 0) is 82.6 Å². The molecule has 5 rings (SSSR count). The van der Waals surface area contributed by atoms with Gasteiger partial charge in [-0.1, -0.05) is 55.0 Å². The number of halogens is 1. The average molecular weight is 804 g/mol. The Bertz CT molecular complexity index is 1690. The van der Waals surface area contributed by atoms with Crippen molar-refractivity contribution >= 4 is 59.9 Å². The van der Waals surface area contributed by atoms with Crippen molar-refractivity contribution in [1.29, 1.82) is 0 Å². The van der Waals surface area contributed by atoms with Crippen molar-refractivity contribution in [2.45, 2.75) is 131 Å². The quantitative estimate of drug-likeness (QED) is 0.344. The predicted octanol–water partition coefficient (Wildman–Crippen LogP) is 3.49. The number of carbonyl (C=O) groups is 4. The molecule has 2 aliphatic heterocycles. The molecule has 0 spiro atoms. The fourth-order valence-electron chi connectivity index (χ4n) is 6.89. The van der Waals surface area contributed by atoms with Crippen LogP contribution in [0.15, 0.2) is 33.6 Å². The van der Waals surface area contributed by atoms with E-state index < -0.39 is 78.5 Å². The summed E-state index contributed by atoms with van der Waals surface area (Å²) in [7, 11) is -8.24. The summed E-state index contributed by atoms with van der Waals surface area (Å²) in [4.78, 5) is 56.1. The number of sulfonamides is 1. The molecule has 1 aromatic carbocycles. The fourth-order valence-corrected chi connectivity index (χ4v) is 9.60. The lowest BCUT2D eigenvalue weighted by atomic mass is 9.94. The van der Waals surface area contributed by atoms with Gasteiger partial charge in [0.2, 0.25) is 21.8 Å². The van der Waals surface area contributed by atoms with Crippen LogP contribution in [0.25, 0.3) is 0 Å². The van der Waals surface area contributed by atoms with E-state index in [0.29, 0.717) is 23.7 Å². The van der Waals surface area contributed by atoms with Gasteiger partial charge in [0, 0.05) is 17.4 Å². The molecule has 0 radical (unpaired) electrons. The SMILES string of the molecule is CC1CCCCCCC(NC(=O)OC(C)(C)C)C(=O)N2CC(OS(=O)(=O)c3ccc(Br)cc3)CC2C(=O)NC2(C(=O)NS(=O)(=O)C3CC3)CC12. The van der Waals surface area contributed by atoms with Crippen LogP contribution in [0.5, 0.6) is 0 Å². The lowest BCUT2D eigenvalue weighted by Gasteiger charge is -2.30. The third-order valence-corrected chi connectivity index (χ3v) is 13.5. The minimum Gasteiger partial charge on any atom is -0.444 e. The van der Waals surface area contributed by atoms with Crippen LogP contribution in [0.3, 0.4) is 0 Å². The molecule has 2 heterocycles. The third kappa shape index (κ3) is 9.17. The molecule has 4 amide bonds. The summed E-state index contributed by atoms with van der Waals surface area (Å²) in [6, 6.07) is 3.42. The first kappa shape index (κ1) is 38.5. The molecular weight excluding hydrogens is 756 g/mol. The van der Waals surface area contributed by atoms with Gasteiger partial charge in [0.25, 0.3) is 16.0 Å². The maximum Gasteiger partial charge on any atom is 0.408 e. The Morgan fingerprint density at radius 2 is 1.62 bits per heavy atom. The molecule has 3 N–H and O–H groups in total. The van der Waals surface area contributed by atoms with Crippen molar-refractivity contribution in [2.24, 2.45) is 11.8 Å². The van der Waals surface area contributed by atoms with Gasteiger partial charge in [-0.3, -0.25) is 23.3 Å². The van der Waals surface area contributed by atoms with E-state index >= 15 is 0 Å². The zero-order chi connectivity index (χ0) is 36.6. The highest BCUT2D eigenvalue weighted by molar-refractivity contribution is 9.10. The number of rotatable bonds is 7. The van der Waals surface area contributed by atoms with E-state index in [9.17, 15) is 36.0 Å². The Hall–Kier alpha value is -2.76. The van der Waals surface area contributed by atoms with Crippen LogP contribution in [0, 0.1) is 11.8 Å². The summed E-state index contributed by atoms with van der Waals surface area (Å²) in [5.41, 5.74) is -2.37. The van der Waals surface area contributed by atoms with Crippen molar-refractivity contribution in [3.8, 4) is 0 Å². The first-order valence-corrected chi connectivity index (χ1v) is 20.9. The number of nitrogens with zero attached hydrogens (tertiary/aromatic N) is 1. The highest BCUT2D eigenvalue weighted by atomic mass is 79.9. The minimum atomic E-state index is -4.32. The average Bonchev–Trinajstić information content (AvgIpc) is 3.93. The Morgan fingerprint density at radius 1 is 0.980 bits per heavy atom. The second-order valence-corrected chi connectivity index (χ2v) is 19.4. The molecule has 4 fully saturated rings. The largest absolute Gasteiger partial charge is 0.444 e. The highest BCUT2D eigenvalue weighted by Gasteiger charge is 2.64. The summed E-state index contributed by atoms with van der Waals surface area (Å²) < 4.78 is 66.0. The second kappa shape index (κ2) is 14.7. The van der Waals surface area contributed by atoms with Crippen LogP contribution in [0.2, 0.25) is 0 Å². The van der Waals surface area contributed by atoms with E-state index in [2.05, 4.69) is 31.3 Å². The van der Waals surface area contributed by atoms with Gasteiger partial charge < -0.3 is 20.3 Å². The Kier molecular flexibility index (Phi) is 11.3. The highest BCUT2D eigenvalue weighted by Crippen LogP contribution is 2.51. The molecule has 1 aromatic rings. The summed E-state index contributed by atoms with van der Waals surface area (Å²) in [5, 5.41) is 4.82. The number of nitrogens with one attached hydrogen (secondary N) is 3. The summed E-state index contributed by atoms with van der Waals surface area (Å²) >= 11 is 3.27. The van der Waals surface area contributed by atoms with Gasteiger partial charge in [-0.25, -0.2) is 13.2 Å². The van der Waals surface area contributed by atoms with Gasteiger partial charge >= 0.3 is 6.09 Å². The van der Waals surface area contributed by atoms with Crippen molar-refractivity contribution < 1.29 is 44.9 Å². The number of fused-ring (bicyclic) bond motifs is 2. The standard InChI is InChI=1S/C33H47BrN4O10S2/c1-20-9-7-5-6-8-10-26(35-31(42)47-32(2,3)4)29(40)38-19-22(48-50(45,46)24-13-11-21(34)12-14-24)17-27(38)28(39)36-33(18-25(20)33)30(41)37-49(43,44)23-15-16-23/h11-14,20,22-23,25-27H,5-10,15-19H2,1-4H3,(H,35,42)(H,36,39)(H,37,41). The molecule has 4 aliphatic rings. The molecule has 2 saturated carbocycles. The fraction of sp³-hybridized carbons (Fsp3) is 0.697. The number of benzene rings is 1. The molecule has 14 nitrogen and oxygen atoms in total. The number of alkyl carbamates (subject to hydrolysis) is 1. The molecule has 2 aliphatic carbocycles. The molecule has 17 heteroatoms. The zero-order valence-electron chi connectivity index (χ0n) is 28.8. The topological polar surface area (TPSA) is 194 Å². The van der Waals surface area contributed by atoms with Crippen molar-refractivity contribution in [2.75, 3.05) is 6.54 Å². The first-order chi connectivity index (χ1) is 23.3. The smallest absolute Gasteiger partial charge is 0.408 e. The van der Waals surface area contributed by atoms with Gasteiger partial charge in [-0.15, -0.1) is 0 Å². The van der Waals surface area contributed by atoms with E-state index in [1.54, 1.807) is 32.9 Å². The van der Waals surface area contributed by atoms with Crippen LogP contribution in [0.1, 0.15) is 91.9 Å². The number of hydrogen-bond acceptors (Lipinski definition) is 10. The van der Waals surface area contributed by atoms with E-state index in [1.165, 1.54) is 17.0 Å². The number of amides is 4. The molecular formula is C33H47BrN4O10S2. The van der Waals surface area contributed by atoms with Crippen molar-refractivity contribution in [3.63, 3.8) is 0 Å². The summed E-state index contributed by atoms with van der Waals surface area (Å²) in [6.07, 6.45) is 2.88. The normalized spacial score (nSPS) is 29.8. The molecule has 6 atom stereocenters. The van der Waals surface area contributed by atoms with Crippen molar-refractivity contribution in [3.05, 3.63) is 28.7 Å². The van der Waals surface area contributed by atoms with Crippen LogP contribution >= 0.6 is 15.9 Å². The monoisotopic (exact) mass is 802 g/mol. The lowest BCUT2D eigenvalue weighted by molar-refractivity contribution is -0.141. The molecule has 278 valence electrons. The van der Waals surface area contributed by atoms with E-state index in [4.69, 9.17) is 8.92 Å². The number of hydrogen-bond donors (Lipinski definition) is 3. The maximum atomic E-state index is 14.3. The zero-order valence-corrected chi connectivity index (χ0v) is 32.0. The lowest BCUT2D eigenvalue weighted by Crippen LogP contribution is -2.58. The summed E-state index contributed by atoms with van der Waals surface area (Å²) in [5.74, 6) is -2.56. The van der Waals surface area contributed by atoms with E-state index in [0.717, 1.165) is 25.7 Å². The van der Waals surface area contributed by atoms with Crippen LogP contribution in [0.4, 0.5) is 4.79 Å². The minimum absolute atomic E-state index is 0.0233. The molecule has 6 unspecified atom stereocenters. The van der Waals surface area contributed by atoms with E-state index in [1.807, 2.05) is 6.92 Å². The van der Waals surface area contributed by atoms with Gasteiger partial charge in [-0.2, -0.15) is 8.42 Å². The van der Waals surface area contributed by atoms with Gasteiger partial charge in [0.15, 0.2) is 0 Å². The Morgan fingerprint density at radius 3 is 2.24 bits per heavy atom. The molecule has 2 saturated heterocycles. The van der Waals surface area contributed by atoms with Gasteiger partial charge in [0.1, 0.15) is 23.2 Å². The first-order valence-electron chi connectivity index (χ1n) is 17.2. The van der Waals surface area contributed by atoms with Crippen LogP contribution in [-0.2, 0) is 43.4 Å². The van der Waals surface area contributed by atoms with Gasteiger partial charge in [0.05, 0.1) is 16.2 Å². The molecule has 0 aromatic heterocycles. The van der Waals surface area contributed by atoms with E-state index in [-0.39, 0.29) is 42.5 Å². The number of carbonyl (C=O) groups excluding carboxylic acids is 4. The Balaban J connectivity index is 1.46. The van der Waals surface area contributed by atoms with Crippen LogP contribution < -0.4 is 15.4 Å². The molecule has 50 heavy (non-hydrogen) atoms.